The summed E-state index contributed by atoms with van der Waals surface area (Å²) in [7, 11) is 0. The zero-order valence-electron chi connectivity index (χ0n) is 9.41. The standard InChI is InChI=1S/C11H12N4O2S/c12-9(10(16)17)8-6-18-11(15-8)14-5-7-3-1-2-4-13-7/h1-4,6,9H,5,12H2,(H,14,15)(H,16,17). The Kier molecular flexibility index (Phi) is 3.85. The van der Waals surface area contributed by atoms with Gasteiger partial charge in [-0.1, -0.05) is 6.07 Å². The quantitative estimate of drug-likeness (QED) is 0.751. The van der Waals surface area contributed by atoms with Gasteiger partial charge in [0.2, 0.25) is 0 Å². The molecular formula is C11H12N4O2S. The van der Waals surface area contributed by atoms with E-state index in [1.165, 1.54) is 11.3 Å². The van der Waals surface area contributed by atoms with Crippen molar-refractivity contribution in [1.82, 2.24) is 9.97 Å². The van der Waals surface area contributed by atoms with Crippen LogP contribution in [0.3, 0.4) is 0 Å². The Balaban J connectivity index is 1.97. The van der Waals surface area contributed by atoms with Gasteiger partial charge in [0, 0.05) is 11.6 Å². The molecule has 0 saturated heterocycles. The van der Waals surface area contributed by atoms with Crippen LogP contribution in [0.1, 0.15) is 17.4 Å². The normalized spacial score (nSPS) is 12.1. The predicted octanol–water partition coefficient (Wildman–Crippen LogP) is 1.23. The van der Waals surface area contributed by atoms with Gasteiger partial charge in [0.1, 0.15) is 6.04 Å². The minimum Gasteiger partial charge on any atom is -0.480 e. The smallest absolute Gasteiger partial charge is 0.326 e. The van der Waals surface area contributed by atoms with Crippen LogP contribution >= 0.6 is 11.3 Å². The number of carboxylic acids is 1. The minimum atomic E-state index is -1.09. The zero-order chi connectivity index (χ0) is 13.0. The van der Waals surface area contributed by atoms with Crippen LogP contribution < -0.4 is 11.1 Å². The number of aromatic nitrogens is 2. The maximum atomic E-state index is 10.7. The van der Waals surface area contributed by atoms with Crippen LogP contribution in [0.25, 0.3) is 0 Å². The molecule has 2 aromatic rings. The predicted molar refractivity (Wildman–Crippen MR) is 68.2 cm³/mol. The third-order valence-corrected chi connectivity index (χ3v) is 3.07. The Hall–Kier alpha value is -1.99. The van der Waals surface area contributed by atoms with Crippen molar-refractivity contribution in [2.45, 2.75) is 12.6 Å². The fourth-order valence-corrected chi connectivity index (χ4v) is 2.05. The maximum Gasteiger partial charge on any atom is 0.326 e. The highest BCUT2D eigenvalue weighted by Crippen LogP contribution is 2.20. The van der Waals surface area contributed by atoms with Gasteiger partial charge in [0.15, 0.2) is 5.13 Å². The summed E-state index contributed by atoms with van der Waals surface area (Å²) in [6, 6.07) is 4.56. The maximum absolute atomic E-state index is 10.7. The molecule has 6 nitrogen and oxygen atoms in total. The number of thiazole rings is 1. The van der Waals surface area contributed by atoms with E-state index in [2.05, 4.69) is 15.3 Å². The van der Waals surface area contributed by atoms with Crippen molar-refractivity contribution in [1.29, 1.82) is 0 Å². The Morgan fingerprint density at radius 3 is 3.06 bits per heavy atom. The fraction of sp³-hybridized carbons (Fsp3) is 0.182. The number of nitrogens with one attached hydrogen (secondary N) is 1. The van der Waals surface area contributed by atoms with Crippen LogP contribution in [0.4, 0.5) is 5.13 Å². The molecule has 18 heavy (non-hydrogen) atoms. The Labute approximate surface area is 108 Å². The van der Waals surface area contributed by atoms with Gasteiger partial charge in [0.25, 0.3) is 0 Å². The summed E-state index contributed by atoms with van der Waals surface area (Å²) < 4.78 is 0. The number of rotatable bonds is 5. The van der Waals surface area contributed by atoms with Gasteiger partial charge >= 0.3 is 5.97 Å². The van der Waals surface area contributed by atoms with Crippen LogP contribution in [0, 0.1) is 0 Å². The average Bonchev–Trinajstić information content (AvgIpc) is 2.85. The second-order valence-electron chi connectivity index (χ2n) is 3.57. The zero-order valence-corrected chi connectivity index (χ0v) is 10.2. The van der Waals surface area contributed by atoms with Crippen LogP contribution in [0.2, 0.25) is 0 Å². The van der Waals surface area contributed by atoms with Gasteiger partial charge in [-0.2, -0.15) is 0 Å². The highest BCUT2D eigenvalue weighted by atomic mass is 32.1. The molecule has 0 bridgehead atoms. The third kappa shape index (κ3) is 3.02. The Morgan fingerprint density at radius 2 is 2.39 bits per heavy atom. The molecule has 0 amide bonds. The van der Waals surface area contributed by atoms with Gasteiger partial charge in [-0.3, -0.25) is 9.78 Å². The third-order valence-electron chi connectivity index (χ3n) is 2.25. The molecular weight excluding hydrogens is 252 g/mol. The monoisotopic (exact) mass is 264 g/mol. The number of hydrogen-bond acceptors (Lipinski definition) is 6. The lowest BCUT2D eigenvalue weighted by Crippen LogP contribution is -2.20. The number of hydrogen-bond donors (Lipinski definition) is 3. The van der Waals surface area contributed by atoms with Gasteiger partial charge in [-0.05, 0) is 12.1 Å². The molecule has 7 heteroatoms. The first-order valence-corrected chi connectivity index (χ1v) is 6.12. The summed E-state index contributed by atoms with van der Waals surface area (Å²) in [5.74, 6) is -1.09. The van der Waals surface area contributed by atoms with Gasteiger partial charge in [-0.25, -0.2) is 4.98 Å². The van der Waals surface area contributed by atoms with Crippen molar-refractivity contribution in [3.63, 3.8) is 0 Å². The van der Waals surface area contributed by atoms with E-state index >= 15 is 0 Å². The molecule has 4 N–H and O–H groups in total. The largest absolute Gasteiger partial charge is 0.480 e. The summed E-state index contributed by atoms with van der Waals surface area (Å²) in [5.41, 5.74) is 6.71. The van der Waals surface area contributed by atoms with Crippen molar-refractivity contribution in [3.05, 3.63) is 41.2 Å². The van der Waals surface area contributed by atoms with Gasteiger partial charge in [0.05, 0.1) is 17.9 Å². The van der Waals surface area contributed by atoms with Crippen molar-refractivity contribution in [3.8, 4) is 0 Å². The minimum absolute atomic E-state index is 0.357. The van der Waals surface area contributed by atoms with Crippen LogP contribution in [0.5, 0.6) is 0 Å². The first-order chi connectivity index (χ1) is 8.66. The molecule has 0 fully saturated rings. The van der Waals surface area contributed by atoms with Gasteiger partial charge < -0.3 is 16.2 Å². The summed E-state index contributed by atoms with van der Waals surface area (Å²) in [6.07, 6.45) is 1.71. The van der Waals surface area contributed by atoms with Crippen molar-refractivity contribution in [2.24, 2.45) is 5.73 Å². The van der Waals surface area contributed by atoms with E-state index in [1.54, 1.807) is 11.6 Å². The molecule has 0 aliphatic heterocycles. The summed E-state index contributed by atoms with van der Waals surface area (Å²) in [4.78, 5) is 19.0. The summed E-state index contributed by atoms with van der Waals surface area (Å²) in [5, 5.41) is 14.1. The van der Waals surface area contributed by atoms with Gasteiger partial charge in [-0.15, -0.1) is 11.3 Å². The lowest BCUT2D eigenvalue weighted by molar-refractivity contribution is -0.138. The van der Waals surface area contributed by atoms with Crippen LogP contribution in [0.15, 0.2) is 29.8 Å². The number of carbonyl (C=O) groups is 1. The lowest BCUT2D eigenvalue weighted by Gasteiger charge is -2.02. The average molecular weight is 264 g/mol. The van der Waals surface area contributed by atoms with Crippen LogP contribution in [-0.2, 0) is 11.3 Å². The van der Waals surface area contributed by atoms with E-state index in [0.29, 0.717) is 17.4 Å². The number of nitrogens with zero attached hydrogens (tertiary/aromatic N) is 2. The fourth-order valence-electron chi connectivity index (χ4n) is 1.31. The van der Waals surface area contributed by atoms with E-state index in [4.69, 9.17) is 10.8 Å². The SMILES string of the molecule is NC(C(=O)O)c1csc(NCc2ccccn2)n1. The van der Waals surface area contributed by atoms with E-state index in [-0.39, 0.29) is 0 Å². The summed E-state index contributed by atoms with van der Waals surface area (Å²) in [6.45, 7) is 0.538. The van der Waals surface area contributed by atoms with Crippen molar-refractivity contribution >= 4 is 22.4 Å². The topological polar surface area (TPSA) is 101 Å². The van der Waals surface area contributed by atoms with E-state index < -0.39 is 12.0 Å². The number of carboxylic acid groups (broad SMARTS) is 1. The first kappa shape index (κ1) is 12.5. The molecule has 0 aliphatic rings. The Morgan fingerprint density at radius 1 is 1.56 bits per heavy atom. The molecule has 0 saturated carbocycles. The molecule has 0 aromatic carbocycles. The molecule has 2 rings (SSSR count). The number of aliphatic carboxylic acids is 1. The molecule has 0 spiro atoms. The molecule has 1 unspecified atom stereocenters. The van der Waals surface area contributed by atoms with E-state index in [0.717, 1.165) is 5.69 Å². The molecule has 0 radical (unpaired) electrons. The molecule has 94 valence electrons. The first-order valence-electron chi connectivity index (χ1n) is 5.24. The lowest BCUT2D eigenvalue weighted by atomic mass is 10.2. The molecule has 2 aromatic heterocycles. The van der Waals surface area contributed by atoms with E-state index in [9.17, 15) is 4.79 Å². The second kappa shape index (κ2) is 5.56. The Bertz CT molecular complexity index is 529. The number of pyridine rings is 1. The number of anilines is 1. The highest BCUT2D eigenvalue weighted by Gasteiger charge is 2.17. The second-order valence-corrected chi connectivity index (χ2v) is 4.43. The van der Waals surface area contributed by atoms with Crippen molar-refractivity contribution in [2.75, 3.05) is 5.32 Å². The molecule has 1 atom stereocenters. The molecule has 0 aliphatic carbocycles. The van der Waals surface area contributed by atoms with Crippen molar-refractivity contribution < 1.29 is 9.90 Å². The van der Waals surface area contributed by atoms with Crippen LogP contribution in [-0.4, -0.2) is 21.0 Å². The highest BCUT2D eigenvalue weighted by molar-refractivity contribution is 7.13. The molecule has 2 heterocycles. The van der Waals surface area contributed by atoms with E-state index in [1.807, 2.05) is 18.2 Å². The summed E-state index contributed by atoms with van der Waals surface area (Å²) >= 11 is 1.32. The number of nitrogens with two attached hydrogens (primary N) is 1.